The number of hydrogen-bond donors (Lipinski definition) is 2. The van der Waals surface area contributed by atoms with Gasteiger partial charge in [0, 0.05) is 18.4 Å². The van der Waals surface area contributed by atoms with Crippen LogP contribution in [0.4, 0.5) is 15.9 Å². The van der Waals surface area contributed by atoms with E-state index in [0.717, 1.165) is 11.3 Å². The van der Waals surface area contributed by atoms with E-state index in [1.54, 1.807) is 30.5 Å². The average Bonchev–Trinajstić information content (AvgIpc) is 2.67. The van der Waals surface area contributed by atoms with Gasteiger partial charge in [-0.2, -0.15) is 0 Å². The number of rotatable bonds is 5. The van der Waals surface area contributed by atoms with Crippen LogP contribution >= 0.6 is 0 Å². The summed E-state index contributed by atoms with van der Waals surface area (Å²) in [6.45, 7) is 6.89. The van der Waals surface area contributed by atoms with Crippen LogP contribution in [-0.4, -0.2) is 10.9 Å². The van der Waals surface area contributed by atoms with E-state index in [1.807, 2.05) is 24.3 Å². The summed E-state index contributed by atoms with van der Waals surface area (Å²) in [4.78, 5) is 17.0. The van der Waals surface area contributed by atoms with Crippen molar-refractivity contribution in [3.05, 3.63) is 89.4 Å². The molecule has 0 saturated heterocycles. The third kappa shape index (κ3) is 4.94. The highest BCUT2D eigenvalue weighted by Gasteiger charge is 2.15. The zero-order valence-electron chi connectivity index (χ0n) is 16.3. The zero-order chi connectivity index (χ0) is 20.1. The predicted molar refractivity (Wildman–Crippen MR) is 111 cm³/mol. The normalized spacial score (nSPS) is 11.1. The molecule has 5 heteroatoms. The second kappa shape index (κ2) is 8.21. The van der Waals surface area contributed by atoms with E-state index in [2.05, 4.69) is 36.4 Å². The van der Waals surface area contributed by atoms with Gasteiger partial charge >= 0.3 is 0 Å². The van der Waals surface area contributed by atoms with Gasteiger partial charge in [0.15, 0.2) is 0 Å². The molecule has 3 rings (SSSR count). The predicted octanol–water partition coefficient (Wildman–Crippen LogP) is 5.38. The molecule has 1 amide bonds. The minimum atomic E-state index is -0.279. The van der Waals surface area contributed by atoms with Crippen LogP contribution in [0.2, 0.25) is 0 Å². The number of benzene rings is 2. The molecular weight excluding hydrogens is 353 g/mol. The summed E-state index contributed by atoms with van der Waals surface area (Å²) in [7, 11) is 0. The molecule has 1 aromatic heterocycles. The number of hydrogen-bond acceptors (Lipinski definition) is 3. The largest absolute Gasteiger partial charge is 0.365 e. The van der Waals surface area contributed by atoms with Crippen molar-refractivity contribution in [3.8, 4) is 0 Å². The highest BCUT2D eigenvalue weighted by atomic mass is 19.1. The molecule has 0 aliphatic heterocycles. The van der Waals surface area contributed by atoms with Crippen molar-refractivity contribution >= 4 is 17.4 Å². The van der Waals surface area contributed by atoms with Gasteiger partial charge in [0.1, 0.15) is 11.6 Å². The number of carbonyl (C=O) groups excluding carboxylic acids is 1. The molecule has 0 bridgehead atoms. The second-order valence-electron chi connectivity index (χ2n) is 7.66. The SMILES string of the molecule is CC(C)(C)c1ccc(NC(=O)c2cccnc2NCc2ccc(F)cc2)cc1. The molecule has 3 aromatic rings. The van der Waals surface area contributed by atoms with Crippen LogP contribution in [0.25, 0.3) is 0 Å². The van der Waals surface area contributed by atoms with Crippen molar-refractivity contribution in [2.75, 3.05) is 10.6 Å². The Hall–Kier alpha value is -3.21. The van der Waals surface area contributed by atoms with Crippen LogP contribution < -0.4 is 10.6 Å². The first kappa shape index (κ1) is 19.5. The van der Waals surface area contributed by atoms with Crippen LogP contribution in [0.15, 0.2) is 66.9 Å². The second-order valence-corrected chi connectivity index (χ2v) is 7.66. The average molecular weight is 377 g/mol. The number of carbonyl (C=O) groups is 1. The van der Waals surface area contributed by atoms with Gasteiger partial charge in [0.2, 0.25) is 0 Å². The van der Waals surface area contributed by atoms with Gasteiger partial charge < -0.3 is 10.6 Å². The van der Waals surface area contributed by atoms with Crippen LogP contribution in [-0.2, 0) is 12.0 Å². The number of pyridine rings is 1. The third-order valence-electron chi connectivity index (χ3n) is 4.43. The smallest absolute Gasteiger partial charge is 0.259 e. The van der Waals surface area contributed by atoms with Gasteiger partial charge in [0.05, 0.1) is 5.56 Å². The van der Waals surface area contributed by atoms with Crippen molar-refractivity contribution in [2.45, 2.75) is 32.7 Å². The summed E-state index contributed by atoms with van der Waals surface area (Å²) in [5.74, 6) is -0.0343. The van der Waals surface area contributed by atoms with Gasteiger partial charge in [-0.3, -0.25) is 4.79 Å². The minimum Gasteiger partial charge on any atom is -0.365 e. The quantitative estimate of drug-likeness (QED) is 0.627. The summed E-state index contributed by atoms with van der Waals surface area (Å²) < 4.78 is 13.0. The van der Waals surface area contributed by atoms with Gasteiger partial charge in [-0.15, -0.1) is 0 Å². The number of amides is 1. The Morgan fingerprint density at radius 1 is 1.00 bits per heavy atom. The summed E-state index contributed by atoms with van der Waals surface area (Å²) in [6, 6.07) is 17.5. The monoisotopic (exact) mass is 377 g/mol. The Balaban J connectivity index is 1.71. The Morgan fingerprint density at radius 2 is 1.68 bits per heavy atom. The summed E-state index contributed by atoms with van der Waals surface area (Å²) >= 11 is 0. The molecule has 144 valence electrons. The lowest BCUT2D eigenvalue weighted by Gasteiger charge is -2.19. The molecule has 0 radical (unpaired) electrons. The fourth-order valence-electron chi connectivity index (χ4n) is 2.77. The van der Waals surface area contributed by atoms with E-state index >= 15 is 0 Å². The minimum absolute atomic E-state index is 0.0589. The van der Waals surface area contributed by atoms with E-state index in [4.69, 9.17) is 0 Å². The summed E-state index contributed by atoms with van der Waals surface area (Å²) in [6.07, 6.45) is 1.63. The Labute approximate surface area is 164 Å². The zero-order valence-corrected chi connectivity index (χ0v) is 16.3. The Bertz CT molecular complexity index is 945. The maximum absolute atomic E-state index is 13.0. The fourth-order valence-corrected chi connectivity index (χ4v) is 2.77. The molecule has 0 atom stereocenters. The van der Waals surface area contributed by atoms with E-state index < -0.39 is 0 Å². The molecule has 1 heterocycles. The maximum Gasteiger partial charge on any atom is 0.259 e. The number of aromatic nitrogens is 1. The number of anilines is 2. The van der Waals surface area contributed by atoms with Gasteiger partial charge in [-0.05, 0) is 52.9 Å². The first-order valence-electron chi connectivity index (χ1n) is 9.18. The van der Waals surface area contributed by atoms with E-state index in [9.17, 15) is 9.18 Å². The molecule has 4 nitrogen and oxygen atoms in total. The molecule has 0 aliphatic carbocycles. The van der Waals surface area contributed by atoms with E-state index in [1.165, 1.54) is 17.7 Å². The molecule has 2 N–H and O–H groups in total. The lowest BCUT2D eigenvalue weighted by Crippen LogP contribution is -2.16. The molecule has 2 aromatic carbocycles. The molecule has 0 saturated carbocycles. The Morgan fingerprint density at radius 3 is 2.32 bits per heavy atom. The number of halogens is 1. The molecule has 0 spiro atoms. The first-order valence-corrected chi connectivity index (χ1v) is 9.18. The van der Waals surface area contributed by atoms with Gasteiger partial charge in [0.25, 0.3) is 5.91 Å². The number of nitrogens with one attached hydrogen (secondary N) is 2. The summed E-state index contributed by atoms with van der Waals surface area (Å²) in [5, 5.41) is 6.06. The lowest BCUT2D eigenvalue weighted by molar-refractivity contribution is 0.102. The molecular formula is C23H24FN3O. The lowest BCUT2D eigenvalue weighted by atomic mass is 9.87. The van der Waals surface area contributed by atoms with Crippen LogP contribution in [0, 0.1) is 5.82 Å². The van der Waals surface area contributed by atoms with Crippen molar-refractivity contribution in [2.24, 2.45) is 0 Å². The molecule has 0 fully saturated rings. The van der Waals surface area contributed by atoms with Gasteiger partial charge in [-0.25, -0.2) is 9.37 Å². The highest BCUT2D eigenvalue weighted by molar-refractivity contribution is 6.07. The molecule has 0 aliphatic rings. The van der Waals surface area contributed by atoms with Crippen molar-refractivity contribution < 1.29 is 9.18 Å². The maximum atomic E-state index is 13.0. The highest BCUT2D eigenvalue weighted by Crippen LogP contribution is 2.24. The van der Waals surface area contributed by atoms with E-state index in [-0.39, 0.29) is 17.1 Å². The van der Waals surface area contributed by atoms with Crippen molar-refractivity contribution in [1.82, 2.24) is 4.98 Å². The van der Waals surface area contributed by atoms with E-state index in [0.29, 0.717) is 17.9 Å². The van der Waals surface area contributed by atoms with Crippen LogP contribution in [0.3, 0.4) is 0 Å². The standard InChI is InChI=1S/C23H24FN3O/c1-23(2,3)17-8-12-19(13-9-17)27-22(28)20-5-4-14-25-21(20)26-15-16-6-10-18(24)11-7-16/h4-14H,15H2,1-3H3,(H,25,26)(H,27,28). The summed E-state index contributed by atoms with van der Waals surface area (Å²) in [5.41, 5.74) is 3.34. The van der Waals surface area contributed by atoms with Crippen molar-refractivity contribution in [3.63, 3.8) is 0 Å². The fraction of sp³-hybridized carbons (Fsp3) is 0.217. The molecule has 28 heavy (non-hydrogen) atoms. The van der Waals surface area contributed by atoms with Crippen LogP contribution in [0.5, 0.6) is 0 Å². The Kier molecular flexibility index (Phi) is 5.73. The van der Waals surface area contributed by atoms with Crippen LogP contribution in [0.1, 0.15) is 42.3 Å². The topological polar surface area (TPSA) is 54.0 Å². The third-order valence-corrected chi connectivity index (χ3v) is 4.43. The number of nitrogens with zero attached hydrogens (tertiary/aromatic N) is 1. The first-order chi connectivity index (χ1) is 13.3. The van der Waals surface area contributed by atoms with Crippen molar-refractivity contribution in [1.29, 1.82) is 0 Å². The molecule has 0 unspecified atom stereocenters. The van der Waals surface area contributed by atoms with Gasteiger partial charge in [-0.1, -0.05) is 45.0 Å².